The van der Waals surface area contributed by atoms with Crippen molar-refractivity contribution >= 4 is 5.97 Å². The highest BCUT2D eigenvalue weighted by Crippen LogP contribution is 2.70. The van der Waals surface area contributed by atoms with E-state index in [0.717, 1.165) is 45.3 Å². The molecule has 30 heavy (non-hydrogen) atoms. The molecule has 4 atom stereocenters. The summed E-state index contributed by atoms with van der Waals surface area (Å²) in [6.07, 6.45) is 11.7. The molecule has 0 bridgehead atoms. The number of esters is 1. The van der Waals surface area contributed by atoms with Crippen LogP contribution in [0.2, 0.25) is 0 Å². The number of ether oxygens (including phenoxy) is 3. The molecule has 0 aromatic heterocycles. The van der Waals surface area contributed by atoms with Crippen molar-refractivity contribution in [2.24, 2.45) is 28.1 Å². The van der Waals surface area contributed by atoms with Gasteiger partial charge >= 0.3 is 5.97 Å². The van der Waals surface area contributed by atoms with Crippen molar-refractivity contribution in [1.82, 2.24) is 0 Å². The molecular formula is C26H40O4. The Labute approximate surface area is 182 Å². The van der Waals surface area contributed by atoms with Gasteiger partial charge in [0.15, 0.2) is 5.79 Å². The maximum atomic E-state index is 11.6. The zero-order chi connectivity index (χ0) is 21.8. The monoisotopic (exact) mass is 416 g/mol. The molecule has 4 rings (SSSR count). The second-order valence-corrected chi connectivity index (χ2v) is 11.0. The quantitative estimate of drug-likeness (QED) is 0.430. The number of carbonyl (C=O) groups excluding carboxylic acids is 1. The number of methoxy groups -OCH3 is 1. The molecule has 1 aliphatic heterocycles. The Bertz CT molecular complexity index is 757. The van der Waals surface area contributed by atoms with Gasteiger partial charge in [-0.3, -0.25) is 4.79 Å². The van der Waals surface area contributed by atoms with Crippen LogP contribution in [-0.2, 0) is 19.0 Å². The average Bonchev–Trinajstić information content (AvgIpc) is 3.18. The normalized spacial score (nSPS) is 40.6. The first kappa shape index (κ1) is 22.1. The van der Waals surface area contributed by atoms with Crippen LogP contribution in [0.3, 0.4) is 0 Å². The minimum atomic E-state index is -0.410. The lowest BCUT2D eigenvalue weighted by Crippen LogP contribution is -2.62. The fourth-order valence-electron chi connectivity index (χ4n) is 7.75. The van der Waals surface area contributed by atoms with Crippen LogP contribution < -0.4 is 0 Å². The summed E-state index contributed by atoms with van der Waals surface area (Å²) in [5.41, 5.74) is 3.41. The largest absolute Gasteiger partial charge is 0.469 e. The van der Waals surface area contributed by atoms with E-state index >= 15 is 0 Å². The van der Waals surface area contributed by atoms with Crippen LogP contribution in [0, 0.1) is 28.1 Å². The lowest BCUT2D eigenvalue weighted by molar-refractivity contribution is -0.284. The van der Waals surface area contributed by atoms with Crippen molar-refractivity contribution in [1.29, 1.82) is 0 Å². The van der Waals surface area contributed by atoms with E-state index in [2.05, 4.69) is 46.8 Å². The van der Waals surface area contributed by atoms with E-state index in [9.17, 15) is 4.79 Å². The van der Waals surface area contributed by atoms with Gasteiger partial charge in [-0.2, -0.15) is 0 Å². The predicted molar refractivity (Wildman–Crippen MR) is 118 cm³/mol. The molecule has 0 aromatic rings. The first-order valence-corrected chi connectivity index (χ1v) is 11.9. The van der Waals surface area contributed by atoms with Crippen LogP contribution in [0.15, 0.2) is 23.3 Å². The highest BCUT2D eigenvalue weighted by atomic mass is 16.7. The van der Waals surface area contributed by atoms with Gasteiger partial charge in [-0.05, 0) is 49.4 Å². The van der Waals surface area contributed by atoms with Gasteiger partial charge in [0, 0.05) is 23.7 Å². The van der Waals surface area contributed by atoms with E-state index in [1.54, 1.807) is 5.57 Å². The summed E-state index contributed by atoms with van der Waals surface area (Å²) in [5.74, 6) is 0.539. The van der Waals surface area contributed by atoms with Crippen molar-refractivity contribution in [2.75, 3.05) is 20.3 Å². The lowest BCUT2D eigenvalue weighted by Gasteiger charge is -2.65. The van der Waals surface area contributed by atoms with Crippen LogP contribution in [-0.4, -0.2) is 32.1 Å². The van der Waals surface area contributed by atoms with Crippen molar-refractivity contribution in [3.8, 4) is 0 Å². The lowest BCUT2D eigenvalue weighted by atomic mass is 9.42. The predicted octanol–water partition coefficient (Wildman–Crippen LogP) is 5.82. The molecule has 0 amide bonds. The van der Waals surface area contributed by atoms with Gasteiger partial charge in [0.25, 0.3) is 0 Å². The molecule has 0 radical (unpaired) electrons. The molecule has 4 aliphatic rings. The first-order valence-electron chi connectivity index (χ1n) is 11.9. The summed E-state index contributed by atoms with van der Waals surface area (Å²) in [7, 11) is 1.47. The molecule has 0 N–H and O–H groups in total. The van der Waals surface area contributed by atoms with Gasteiger partial charge in [0.05, 0.1) is 20.3 Å². The van der Waals surface area contributed by atoms with E-state index in [0.29, 0.717) is 18.3 Å². The third-order valence-electron chi connectivity index (χ3n) is 9.28. The van der Waals surface area contributed by atoms with Gasteiger partial charge in [-0.25, -0.2) is 0 Å². The Kier molecular flexibility index (Phi) is 5.50. The van der Waals surface area contributed by atoms with Crippen LogP contribution in [0.5, 0.6) is 0 Å². The maximum absolute atomic E-state index is 11.6. The van der Waals surface area contributed by atoms with Gasteiger partial charge in [-0.1, -0.05) is 57.9 Å². The smallest absolute Gasteiger partial charge is 0.305 e. The summed E-state index contributed by atoms with van der Waals surface area (Å²) in [4.78, 5) is 11.6. The fourth-order valence-corrected chi connectivity index (χ4v) is 7.75. The SMILES string of the molecule is COC(=O)CCC=C1[C@@H](C)CC=C2[C@@]1(C)CC[C@H]1C(C)(C)C3(CC[C@]21C)OCCO3. The Hall–Kier alpha value is -1.13. The van der Waals surface area contributed by atoms with Gasteiger partial charge in [-0.15, -0.1) is 0 Å². The Balaban J connectivity index is 1.67. The number of allylic oxidation sites excluding steroid dienone is 4. The minimum Gasteiger partial charge on any atom is -0.469 e. The highest BCUT2D eigenvalue weighted by Gasteiger charge is 2.66. The molecule has 4 heteroatoms. The molecular weight excluding hydrogens is 376 g/mol. The molecule has 0 aromatic carbocycles. The summed E-state index contributed by atoms with van der Waals surface area (Å²) in [5, 5.41) is 0. The minimum absolute atomic E-state index is 0.0174. The number of rotatable bonds is 3. The zero-order valence-electron chi connectivity index (χ0n) is 19.8. The number of hydrogen-bond acceptors (Lipinski definition) is 4. The molecule has 1 heterocycles. The van der Waals surface area contributed by atoms with Crippen LogP contribution in [0.1, 0.15) is 79.6 Å². The number of hydrogen-bond donors (Lipinski definition) is 0. The standard InChI is InChI=1S/C26H40O4/c1-18-10-11-21-24(4,19(18)8-7-9-22(27)28-6)13-12-20-23(2,3)26(29-16-17-30-26)15-14-25(20,21)5/h8,11,18,20H,7,9-10,12-17H2,1-6H3/t18-,20-,24-,25-/m0/s1. The zero-order valence-corrected chi connectivity index (χ0v) is 19.8. The van der Waals surface area contributed by atoms with E-state index in [-0.39, 0.29) is 22.2 Å². The molecule has 2 saturated carbocycles. The van der Waals surface area contributed by atoms with Gasteiger partial charge < -0.3 is 14.2 Å². The summed E-state index contributed by atoms with van der Waals surface area (Å²) >= 11 is 0. The van der Waals surface area contributed by atoms with Crippen molar-refractivity contribution in [3.63, 3.8) is 0 Å². The van der Waals surface area contributed by atoms with Gasteiger partial charge in [0.2, 0.25) is 0 Å². The van der Waals surface area contributed by atoms with E-state index in [1.165, 1.54) is 19.1 Å². The molecule has 3 aliphatic carbocycles. The van der Waals surface area contributed by atoms with Crippen LogP contribution >= 0.6 is 0 Å². The maximum Gasteiger partial charge on any atom is 0.305 e. The van der Waals surface area contributed by atoms with E-state index in [1.807, 2.05) is 0 Å². The molecule has 1 spiro atoms. The first-order chi connectivity index (χ1) is 14.1. The third kappa shape index (κ3) is 3.04. The van der Waals surface area contributed by atoms with Crippen LogP contribution in [0.4, 0.5) is 0 Å². The van der Waals surface area contributed by atoms with Crippen molar-refractivity contribution in [3.05, 3.63) is 23.3 Å². The summed E-state index contributed by atoms with van der Waals surface area (Å²) < 4.78 is 17.4. The molecule has 0 unspecified atom stereocenters. The molecule has 3 fully saturated rings. The summed E-state index contributed by atoms with van der Waals surface area (Å²) in [6, 6.07) is 0. The topological polar surface area (TPSA) is 44.8 Å². The Morgan fingerprint density at radius 2 is 1.87 bits per heavy atom. The Morgan fingerprint density at radius 1 is 1.17 bits per heavy atom. The van der Waals surface area contributed by atoms with Crippen LogP contribution in [0.25, 0.3) is 0 Å². The second kappa shape index (κ2) is 7.48. The van der Waals surface area contributed by atoms with Gasteiger partial charge in [0.1, 0.15) is 0 Å². The molecule has 4 nitrogen and oxygen atoms in total. The Morgan fingerprint density at radius 3 is 2.53 bits per heavy atom. The third-order valence-corrected chi connectivity index (χ3v) is 9.28. The van der Waals surface area contributed by atoms with E-state index < -0.39 is 5.79 Å². The average molecular weight is 417 g/mol. The molecule has 168 valence electrons. The van der Waals surface area contributed by atoms with E-state index in [4.69, 9.17) is 14.2 Å². The fraction of sp³-hybridized carbons (Fsp3) is 0.808. The molecule has 1 saturated heterocycles. The van der Waals surface area contributed by atoms with Crippen molar-refractivity contribution in [2.45, 2.75) is 85.4 Å². The second-order valence-electron chi connectivity index (χ2n) is 11.0. The highest BCUT2D eigenvalue weighted by molar-refractivity contribution is 5.69. The summed E-state index contributed by atoms with van der Waals surface area (Å²) in [6.45, 7) is 13.5. The number of fused-ring (bicyclic) bond motifs is 3. The number of carbonyl (C=O) groups is 1. The van der Waals surface area contributed by atoms with Crippen molar-refractivity contribution < 1.29 is 19.0 Å².